The molecule has 0 amide bonds. The normalized spacial score (nSPS) is 16.3. The van der Waals surface area contributed by atoms with Crippen LogP contribution in [0.3, 0.4) is 0 Å². The van der Waals surface area contributed by atoms with Gasteiger partial charge in [0, 0.05) is 6.54 Å². The minimum Gasteiger partial charge on any atom is -0.394 e. The van der Waals surface area contributed by atoms with Crippen molar-refractivity contribution in [1.82, 2.24) is 4.72 Å². The highest BCUT2D eigenvalue weighted by Gasteiger charge is 2.10. The standard InChI is InChI=1S/C6H15NO7S/c8-2-6(10)4-14-3-5(9)1-7-15(11,12)13/h5-10H,1-4H2,(H,11,12,13). The van der Waals surface area contributed by atoms with Crippen LogP contribution in [0.5, 0.6) is 0 Å². The summed E-state index contributed by atoms with van der Waals surface area (Å²) < 4.78 is 35.0. The van der Waals surface area contributed by atoms with Gasteiger partial charge in [-0.1, -0.05) is 0 Å². The van der Waals surface area contributed by atoms with Crippen molar-refractivity contribution in [3.63, 3.8) is 0 Å². The summed E-state index contributed by atoms with van der Waals surface area (Å²) in [5.74, 6) is 0. The van der Waals surface area contributed by atoms with Crippen molar-refractivity contribution in [2.45, 2.75) is 12.2 Å². The first-order valence-corrected chi connectivity index (χ1v) is 5.56. The first kappa shape index (κ1) is 14.7. The predicted octanol–water partition coefficient (Wildman–Crippen LogP) is -2.89. The summed E-state index contributed by atoms with van der Waals surface area (Å²) in [6.45, 7) is -1.24. The van der Waals surface area contributed by atoms with E-state index in [1.165, 1.54) is 0 Å². The van der Waals surface area contributed by atoms with Crippen molar-refractivity contribution in [3.8, 4) is 0 Å². The Hall–Kier alpha value is -0.290. The topological polar surface area (TPSA) is 136 Å². The van der Waals surface area contributed by atoms with Crippen molar-refractivity contribution in [1.29, 1.82) is 0 Å². The molecular weight excluding hydrogens is 230 g/mol. The van der Waals surface area contributed by atoms with E-state index < -0.39 is 35.7 Å². The summed E-state index contributed by atoms with van der Waals surface area (Å²) in [6, 6.07) is 0. The summed E-state index contributed by atoms with van der Waals surface area (Å²) in [5, 5.41) is 26.3. The highest BCUT2D eigenvalue weighted by atomic mass is 32.2. The van der Waals surface area contributed by atoms with Crippen LogP contribution in [0.4, 0.5) is 0 Å². The number of rotatable bonds is 8. The first-order chi connectivity index (χ1) is 6.85. The van der Waals surface area contributed by atoms with Gasteiger partial charge in [-0.15, -0.1) is 0 Å². The SMILES string of the molecule is O=S(=O)(O)NCC(O)COCC(O)CO. The fourth-order valence-corrected chi connectivity index (χ4v) is 1.06. The van der Waals surface area contributed by atoms with Crippen LogP contribution >= 0.6 is 0 Å². The molecular formula is C6H15NO7S. The Balaban J connectivity index is 3.54. The summed E-state index contributed by atoms with van der Waals surface area (Å²) in [4.78, 5) is 0. The molecule has 92 valence electrons. The smallest absolute Gasteiger partial charge is 0.333 e. The Bertz CT molecular complexity index is 254. The lowest BCUT2D eigenvalue weighted by atomic mass is 10.4. The molecule has 0 aliphatic heterocycles. The monoisotopic (exact) mass is 245 g/mol. The second kappa shape index (κ2) is 7.06. The Kier molecular flexibility index (Phi) is 6.92. The highest BCUT2D eigenvalue weighted by molar-refractivity contribution is 7.83. The number of nitrogens with one attached hydrogen (secondary N) is 1. The molecule has 0 aliphatic rings. The van der Waals surface area contributed by atoms with E-state index in [-0.39, 0.29) is 13.2 Å². The summed E-state index contributed by atoms with van der Waals surface area (Å²) in [5.41, 5.74) is 0. The second-order valence-corrected chi connectivity index (χ2v) is 4.09. The Morgan fingerprint density at radius 3 is 2.20 bits per heavy atom. The van der Waals surface area contributed by atoms with Crippen molar-refractivity contribution >= 4 is 10.3 Å². The maximum Gasteiger partial charge on any atom is 0.333 e. The van der Waals surface area contributed by atoms with Crippen LogP contribution < -0.4 is 4.72 Å². The first-order valence-electron chi connectivity index (χ1n) is 4.12. The average Bonchev–Trinajstić information content (AvgIpc) is 2.13. The van der Waals surface area contributed by atoms with E-state index in [2.05, 4.69) is 0 Å². The van der Waals surface area contributed by atoms with Gasteiger partial charge >= 0.3 is 10.3 Å². The van der Waals surface area contributed by atoms with Crippen LogP contribution in [-0.4, -0.2) is 66.9 Å². The number of ether oxygens (including phenoxy) is 1. The van der Waals surface area contributed by atoms with E-state index in [9.17, 15) is 8.42 Å². The molecule has 0 radical (unpaired) electrons. The molecule has 0 saturated heterocycles. The number of hydrogen-bond donors (Lipinski definition) is 5. The fourth-order valence-electron chi connectivity index (χ4n) is 0.653. The molecule has 0 aromatic rings. The van der Waals surface area contributed by atoms with Gasteiger partial charge in [-0.3, -0.25) is 4.55 Å². The van der Waals surface area contributed by atoms with Gasteiger partial charge in [0.1, 0.15) is 6.10 Å². The quantitative estimate of drug-likeness (QED) is 0.289. The Morgan fingerprint density at radius 1 is 1.20 bits per heavy atom. The molecule has 0 aliphatic carbocycles. The third-order valence-electron chi connectivity index (χ3n) is 1.33. The molecule has 0 fully saturated rings. The lowest BCUT2D eigenvalue weighted by Gasteiger charge is -2.12. The largest absolute Gasteiger partial charge is 0.394 e. The number of aliphatic hydroxyl groups is 3. The summed E-state index contributed by atoms with van der Waals surface area (Å²) in [7, 11) is -4.32. The van der Waals surface area contributed by atoms with E-state index in [4.69, 9.17) is 24.6 Å². The van der Waals surface area contributed by atoms with E-state index in [0.29, 0.717) is 0 Å². The zero-order chi connectivity index (χ0) is 11.9. The Morgan fingerprint density at radius 2 is 1.73 bits per heavy atom. The maximum absolute atomic E-state index is 10.2. The third kappa shape index (κ3) is 10.0. The van der Waals surface area contributed by atoms with Gasteiger partial charge in [0.2, 0.25) is 0 Å². The molecule has 2 unspecified atom stereocenters. The molecule has 9 heteroatoms. The minimum absolute atomic E-state index is 0.167. The second-order valence-electron chi connectivity index (χ2n) is 2.85. The van der Waals surface area contributed by atoms with Crippen LogP contribution in [0, 0.1) is 0 Å². The highest BCUT2D eigenvalue weighted by Crippen LogP contribution is 1.88. The molecule has 0 rings (SSSR count). The van der Waals surface area contributed by atoms with Crippen LogP contribution in [0.15, 0.2) is 0 Å². The van der Waals surface area contributed by atoms with Gasteiger partial charge in [0.15, 0.2) is 0 Å². The lowest BCUT2D eigenvalue weighted by Crippen LogP contribution is -2.35. The van der Waals surface area contributed by atoms with E-state index in [0.717, 1.165) is 0 Å². The maximum atomic E-state index is 10.2. The fraction of sp³-hybridized carbons (Fsp3) is 1.00. The van der Waals surface area contributed by atoms with Crippen LogP contribution in [0.1, 0.15) is 0 Å². The van der Waals surface area contributed by atoms with Crippen LogP contribution in [0.2, 0.25) is 0 Å². The van der Waals surface area contributed by atoms with Gasteiger partial charge in [-0.25, -0.2) is 0 Å². The summed E-state index contributed by atoms with van der Waals surface area (Å²) >= 11 is 0. The van der Waals surface area contributed by atoms with Crippen molar-refractivity contribution in [2.75, 3.05) is 26.4 Å². The van der Waals surface area contributed by atoms with E-state index >= 15 is 0 Å². The molecule has 0 spiro atoms. The third-order valence-corrected chi connectivity index (χ3v) is 1.86. The van der Waals surface area contributed by atoms with Gasteiger partial charge in [-0.2, -0.15) is 13.1 Å². The molecule has 5 N–H and O–H groups in total. The van der Waals surface area contributed by atoms with E-state index in [1.54, 1.807) is 4.72 Å². The Labute approximate surface area is 87.4 Å². The molecule has 0 bridgehead atoms. The van der Waals surface area contributed by atoms with Crippen LogP contribution in [0.25, 0.3) is 0 Å². The van der Waals surface area contributed by atoms with Gasteiger partial charge in [0.05, 0.1) is 25.9 Å². The molecule has 15 heavy (non-hydrogen) atoms. The predicted molar refractivity (Wildman–Crippen MR) is 49.5 cm³/mol. The average molecular weight is 245 g/mol. The van der Waals surface area contributed by atoms with Crippen LogP contribution in [-0.2, 0) is 15.0 Å². The van der Waals surface area contributed by atoms with Gasteiger partial charge in [0.25, 0.3) is 0 Å². The molecule has 2 atom stereocenters. The molecule has 0 aromatic heterocycles. The van der Waals surface area contributed by atoms with Gasteiger partial charge in [-0.05, 0) is 0 Å². The zero-order valence-corrected chi connectivity index (χ0v) is 8.72. The van der Waals surface area contributed by atoms with Crippen molar-refractivity contribution < 1.29 is 33.0 Å². The molecule has 8 nitrogen and oxygen atoms in total. The minimum atomic E-state index is -4.32. The summed E-state index contributed by atoms with van der Waals surface area (Å²) in [6.07, 6.45) is -2.18. The molecule has 0 saturated carbocycles. The zero-order valence-electron chi connectivity index (χ0n) is 7.90. The molecule has 0 aromatic carbocycles. The van der Waals surface area contributed by atoms with Crippen molar-refractivity contribution in [2.24, 2.45) is 0 Å². The lowest BCUT2D eigenvalue weighted by molar-refractivity contribution is -0.0228. The van der Waals surface area contributed by atoms with E-state index in [1.807, 2.05) is 0 Å². The number of aliphatic hydroxyl groups excluding tert-OH is 3. The molecule has 0 heterocycles. The van der Waals surface area contributed by atoms with Gasteiger partial charge < -0.3 is 20.1 Å². The van der Waals surface area contributed by atoms with Crippen molar-refractivity contribution in [3.05, 3.63) is 0 Å². The number of hydrogen-bond acceptors (Lipinski definition) is 6.